The Balaban J connectivity index is 1.41. The van der Waals surface area contributed by atoms with E-state index < -0.39 is 0 Å². The molecule has 0 spiro atoms. The zero-order valence-corrected chi connectivity index (χ0v) is 11.8. The number of hydrogen-bond acceptors (Lipinski definition) is 4. The molecule has 0 aliphatic rings. The summed E-state index contributed by atoms with van der Waals surface area (Å²) >= 11 is 0. The fraction of sp³-hybridized carbons (Fsp3) is 0.267. The van der Waals surface area contributed by atoms with E-state index in [-0.39, 0.29) is 0 Å². The Morgan fingerprint density at radius 1 is 1.05 bits per heavy atom. The maximum Gasteiger partial charge on any atom is 0.0692 e. The first-order chi connectivity index (χ1) is 10.4. The van der Waals surface area contributed by atoms with Crippen molar-refractivity contribution in [3.05, 3.63) is 60.7 Å². The standard InChI is InChI=1S/C15H18N6/c1(10-20-12-9-17-19-20)7-16-13-14-3-5-15(6-4-14)21-11-2-8-18-21/h2-6,8-9,11-12,16H,1,7,10,13H2. The molecule has 1 aromatic carbocycles. The van der Waals surface area contributed by atoms with Crippen molar-refractivity contribution in [2.45, 2.75) is 19.5 Å². The minimum absolute atomic E-state index is 0.872. The van der Waals surface area contributed by atoms with Crippen LogP contribution < -0.4 is 5.32 Å². The van der Waals surface area contributed by atoms with E-state index >= 15 is 0 Å². The van der Waals surface area contributed by atoms with Crippen LogP contribution in [0.15, 0.2) is 55.1 Å². The minimum Gasteiger partial charge on any atom is -0.313 e. The van der Waals surface area contributed by atoms with Gasteiger partial charge in [-0.3, -0.25) is 4.68 Å². The van der Waals surface area contributed by atoms with E-state index in [1.807, 2.05) is 27.8 Å². The molecule has 0 saturated carbocycles. The summed E-state index contributed by atoms with van der Waals surface area (Å²) in [5, 5.41) is 15.4. The average Bonchev–Trinajstić information content (AvgIpc) is 3.21. The summed E-state index contributed by atoms with van der Waals surface area (Å²) in [4.78, 5) is 0. The van der Waals surface area contributed by atoms with Crippen LogP contribution in [0.1, 0.15) is 12.0 Å². The average molecular weight is 282 g/mol. The minimum atomic E-state index is 0.872. The maximum atomic E-state index is 4.21. The van der Waals surface area contributed by atoms with Gasteiger partial charge in [0.1, 0.15) is 0 Å². The molecule has 0 unspecified atom stereocenters. The van der Waals surface area contributed by atoms with E-state index in [4.69, 9.17) is 0 Å². The highest BCUT2D eigenvalue weighted by Gasteiger charge is 1.97. The van der Waals surface area contributed by atoms with Gasteiger partial charge < -0.3 is 5.32 Å². The highest BCUT2D eigenvalue weighted by Crippen LogP contribution is 2.08. The highest BCUT2D eigenvalue weighted by molar-refractivity contribution is 5.33. The third-order valence-corrected chi connectivity index (χ3v) is 3.25. The molecular weight excluding hydrogens is 264 g/mol. The van der Waals surface area contributed by atoms with E-state index in [1.54, 1.807) is 12.4 Å². The molecule has 0 aliphatic carbocycles. The second-order valence-electron chi connectivity index (χ2n) is 4.81. The van der Waals surface area contributed by atoms with Gasteiger partial charge in [0.25, 0.3) is 0 Å². The van der Waals surface area contributed by atoms with Gasteiger partial charge in [-0.05, 0) is 36.7 Å². The Morgan fingerprint density at radius 3 is 2.67 bits per heavy atom. The fourth-order valence-electron chi connectivity index (χ4n) is 2.14. The van der Waals surface area contributed by atoms with Gasteiger partial charge in [-0.2, -0.15) is 5.10 Å². The number of aromatic nitrogens is 5. The van der Waals surface area contributed by atoms with Crippen LogP contribution in [-0.2, 0) is 13.1 Å². The molecule has 3 rings (SSSR count). The summed E-state index contributed by atoms with van der Waals surface area (Å²) in [6, 6.07) is 10.3. The summed E-state index contributed by atoms with van der Waals surface area (Å²) in [6.07, 6.45) is 8.35. The Bertz CT molecular complexity index is 627. The summed E-state index contributed by atoms with van der Waals surface area (Å²) in [6.45, 7) is 2.72. The molecule has 0 saturated heterocycles. The van der Waals surface area contributed by atoms with Crippen LogP contribution in [0.3, 0.4) is 0 Å². The zero-order valence-electron chi connectivity index (χ0n) is 11.8. The normalized spacial score (nSPS) is 10.9. The van der Waals surface area contributed by atoms with Crippen LogP contribution >= 0.6 is 0 Å². The summed E-state index contributed by atoms with van der Waals surface area (Å²) < 4.78 is 3.70. The third kappa shape index (κ3) is 3.76. The van der Waals surface area contributed by atoms with Crippen molar-refractivity contribution in [3.8, 4) is 5.69 Å². The number of nitrogens with one attached hydrogen (secondary N) is 1. The molecule has 0 aliphatic heterocycles. The molecule has 6 heteroatoms. The van der Waals surface area contributed by atoms with Gasteiger partial charge in [0.05, 0.1) is 11.9 Å². The maximum absolute atomic E-state index is 4.21. The molecule has 0 bridgehead atoms. The fourth-order valence-corrected chi connectivity index (χ4v) is 2.14. The van der Waals surface area contributed by atoms with E-state index in [1.165, 1.54) is 5.56 Å². The van der Waals surface area contributed by atoms with Gasteiger partial charge >= 0.3 is 0 Å². The van der Waals surface area contributed by atoms with Crippen LogP contribution in [0.2, 0.25) is 0 Å². The monoisotopic (exact) mass is 282 g/mol. The quantitative estimate of drug-likeness (QED) is 0.669. The van der Waals surface area contributed by atoms with Crippen molar-refractivity contribution in [2.75, 3.05) is 6.54 Å². The summed E-state index contributed by atoms with van der Waals surface area (Å²) in [5.74, 6) is 0. The number of benzene rings is 1. The molecular formula is C15H18N6. The Morgan fingerprint density at radius 2 is 1.95 bits per heavy atom. The molecule has 1 N–H and O–H groups in total. The van der Waals surface area contributed by atoms with Gasteiger partial charge in [-0.15, -0.1) is 5.10 Å². The van der Waals surface area contributed by atoms with Crippen molar-refractivity contribution in [2.24, 2.45) is 0 Å². The van der Waals surface area contributed by atoms with Gasteiger partial charge in [0.2, 0.25) is 0 Å². The molecule has 21 heavy (non-hydrogen) atoms. The van der Waals surface area contributed by atoms with E-state index in [0.29, 0.717) is 0 Å². The van der Waals surface area contributed by atoms with Crippen LogP contribution in [0.25, 0.3) is 5.69 Å². The van der Waals surface area contributed by atoms with Gasteiger partial charge in [0.15, 0.2) is 0 Å². The van der Waals surface area contributed by atoms with Crippen molar-refractivity contribution >= 4 is 0 Å². The van der Waals surface area contributed by atoms with Gasteiger partial charge in [-0.1, -0.05) is 17.3 Å². The highest BCUT2D eigenvalue weighted by atomic mass is 15.4. The molecule has 6 nitrogen and oxygen atoms in total. The first-order valence-electron chi connectivity index (χ1n) is 7.05. The predicted molar refractivity (Wildman–Crippen MR) is 79.9 cm³/mol. The first-order valence-corrected chi connectivity index (χ1v) is 7.05. The summed E-state index contributed by atoms with van der Waals surface area (Å²) in [5.41, 5.74) is 2.35. The molecule has 2 heterocycles. The zero-order chi connectivity index (χ0) is 14.3. The number of hydrogen-bond donors (Lipinski definition) is 1. The van der Waals surface area contributed by atoms with E-state index in [0.717, 1.165) is 31.7 Å². The Hall–Kier alpha value is -2.47. The molecule has 0 atom stereocenters. The lowest BCUT2D eigenvalue weighted by molar-refractivity contribution is 0.530. The summed E-state index contributed by atoms with van der Waals surface area (Å²) in [7, 11) is 0. The SMILES string of the molecule is c1cnn(-c2ccc(CNCCCn3ccnn3)cc2)c1. The Kier molecular flexibility index (Phi) is 4.38. The first kappa shape index (κ1) is 13.5. The lowest BCUT2D eigenvalue weighted by Gasteiger charge is -2.06. The molecule has 3 aromatic rings. The van der Waals surface area contributed by atoms with Crippen molar-refractivity contribution in [1.82, 2.24) is 30.1 Å². The smallest absolute Gasteiger partial charge is 0.0692 e. The third-order valence-electron chi connectivity index (χ3n) is 3.25. The van der Waals surface area contributed by atoms with Crippen LogP contribution in [-0.4, -0.2) is 31.3 Å². The second kappa shape index (κ2) is 6.81. The second-order valence-corrected chi connectivity index (χ2v) is 4.81. The molecule has 2 aromatic heterocycles. The molecule has 0 amide bonds. The molecule has 0 radical (unpaired) electrons. The van der Waals surface area contributed by atoms with E-state index in [2.05, 4.69) is 45.0 Å². The Labute approximate surface area is 123 Å². The van der Waals surface area contributed by atoms with Crippen LogP contribution in [0, 0.1) is 0 Å². The topological polar surface area (TPSA) is 60.6 Å². The van der Waals surface area contributed by atoms with Crippen molar-refractivity contribution in [3.63, 3.8) is 0 Å². The number of rotatable bonds is 7. The largest absolute Gasteiger partial charge is 0.313 e. The van der Waals surface area contributed by atoms with Gasteiger partial charge in [0, 0.05) is 31.7 Å². The lowest BCUT2D eigenvalue weighted by atomic mass is 10.2. The van der Waals surface area contributed by atoms with Crippen molar-refractivity contribution in [1.29, 1.82) is 0 Å². The molecule has 0 fully saturated rings. The van der Waals surface area contributed by atoms with Crippen molar-refractivity contribution < 1.29 is 0 Å². The van der Waals surface area contributed by atoms with E-state index in [9.17, 15) is 0 Å². The van der Waals surface area contributed by atoms with Crippen LogP contribution in [0.5, 0.6) is 0 Å². The van der Waals surface area contributed by atoms with Gasteiger partial charge in [-0.25, -0.2) is 4.68 Å². The number of aryl methyl sites for hydroxylation is 1. The molecule has 108 valence electrons. The van der Waals surface area contributed by atoms with Crippen LogP contribution in [0.4, 0.5) is 0 Å². The predicted octanol–water partition coefficient (Wildman–Crippen LogP) is 1.64. The lowest BCUT2D eigenvalue weighted by Crippen LogP contribution is -2.16. The number of nitrogens with zero attached hydrogens (tertiary/aromatic N) is 5.